The Morgan fingerprint density at radius 1 is 0.677 bits per heavy atom. The van der Waals surface area contributed by atoms with Gasteiger partial charge in [-0.05, 0) is 39.7 Å². The summed E-state index contributed by atoms with van der Waals surface area (Å²) in [6.45, 7) is 23.1. The first kappa shape index (κ1) is 17.0. The van der Waals surface area contributed by atoms with Gasteiger partial charge in [0.15, 0.2) is 11.4 Å². The molecule has 140 valence electrons. The number of benzene rings is 4. The Kier molecular flexibility index (Phi) is 3.31. The van der Waals surface area contributed by atoms with E-state index in [1.165, 1.54) is 0 Å². The normalized spacial score (nSPS) is 11.1. The van der Waals surface area contributed by atoms with Crippen molar-refractivity contribution >= 4 is 66.2 Å². The second kappa shape index (κ2) is 6.04. The molecule has 0 spiro atoms. The summed E-state index contributed by atoms with van der Waals surface area (Å²) in [6.07, 6.45) is 0. The van der Waals surface area contributed by atoms with Gasteiger partial charge in [-0.25, -0.2) is 4.98 Å². The Balaban J connectivity index is 2.09. The third-order valence-electron chi connectivity index (χ3n) is 5.80. The second-order valence-electron chi connectivity index (χ2n) is 7.29. The monoisotopic (exact) mass is 393 g/mol. The summed E-state index contributed by atoms with van der Waals surface area (Å²) in [7, 11) is 0. The molecule has 0 aliphatic rings. The zero-order valence-corrected chi connectivity index (χ0v) is 16.1. The highest BCUT2D eigenvalue weighted by atomic mass is 15.0. The number of fused-ring (bicyclic) bond motifs is 10. The maximum atomic E-state index is 7.87. The topological polar surface area (TPSA) is 30.4 Å². The zero-order valence-electron chi connectivity index (χ0n) is 16.1. The van der Waals surface area contributed by atoms with Gasteiger partial charge in [-0.15, -0.1) is 0 Å². The molecule has 6 rings (SSSR count). The van der Waals surface area contributed by atoms with Crippen LogP contribution in [0.5, 0.6) is 0 Å². The van der Waals surface area contributed by atoms with E-state index in [-0.39, 0.29) is 17.1 Å². The quantitative estimate of drug-likeness (QED) is 0.193. The zero-order chi connectivity index (χ0) is 21.1. The number of rotatable bonds is 0. The maximum Gasteiger partial charge on any atom is 0.201 e. The Morgan fingerprint density at radius 2 is 1.45 bits per heavy atom. The minimum absolute atomic E-state index is 0.107. The lowest BCUT2D eigenvalue weighted by Gasteiger charge is -2.14. The molecule has 5 nitrogen and oxygen atoms in total. The van der Waals surface area contributed by atoms with Crippen LogP contribution >= 0.6 is 0 Å². The molecule has 31 heavy (non-hydrogen) atoms. The van der Waals surface area contributed by atoms with Crippen LogP contribution in [0.3, 0.4) is 0 Å². The lowest BCUT2D eigenvalue weighted by atomic mass is 9.98. The third-order valence-corrected chi connectivity index (χ3v) is 5.80. The minimum Gasteiger partial charge on any atom is -0.294 e. The van der Waals surface area contributed by atoms with Gasteiger partial charge in [-0.2, -0.15) is 0 Å². The second-order valence-corrected chi connectivity index (χ2v) is 7.29. The third kappa shape index (κ3) is 2.08. The fourth-order valence-corrected chi connectivity index (χ4v) is 4.54. The van der Waals surface area contributed by atoms with Gasteiger partial charge in [0.2, 0.25) is 5.69 Å². The summed E-state index contributed by atoms with van der Waals surface area (Å²) in [5.74, 6) is 0. The van der Waals surface area contributed by atoms with Crippen LogP contribution in [0.1, 0.15) is 0 Å². The number of hydrogen-bond acceptors (Lipinski definition) is 1. The number of imidazole rings is 1. The van der Waals surface area contributed by atoms with Crippen molar-refractivity contribution in [3.8, 4) is 0 Å². The molecule has 6 aromatic rings. The van der Waals surface area contributed by atoms with E-state index >= 15 is 0 Å². The van der Waals surface area contributed by atoms with Gasteiger partial charge in [-0.1, -0.05) is 48.5 Å². The summed E-state index contributed by atoms with van der Waals surface area (Å²) < 4.78 is 2.02. The maximum absolute atomic E-state index is 7.87. The molecule has 0 saturated heterocycles. The van der Waals surface area contributed by atoms with E-state index in [4.69, 9.17) is 24.7 Å². The van der Waals surface area contributed by atoms with Crippen LogP contribution in [0.15, 0.2) is 66.7 Å². The van der Waals surface area contributed by atoms with Gasteiger partial charge in [0.25, 0.3) is 0 Å². The highest BCUT2D eigenvalue weighted by Gasteiger charge is 2.22. The lowest BCUT2D eigenvalue weighted by molar-refractivity contribution is 1.32. The minimum atomic E-state index is 0.107. The molecule has 4 aromatic carbocycles. The molecule has 0 amide bonds. The molecule has 2 aromatic heterocycles. The Labute approximate surface area is 176 Å². The molecule has 0 aliphatic carbocycles. The highest BCUT2D eigenvalue weighted by molar-refractivity contribution is 6.27. The smallest absolute Gasteiger partial charge is 0.201 e. The summed E-state index contributed by atoms with van der Waals surface area (Å²) in [5, 5.41) is 4.61. The molecule has 0 aliphatic heterocycles. The van der Waals surface area contributed by atoms with E-state index < -0.39 is 0 Å². The predicted octanol–water partition coefficient (Wildman–Crippen LogP) is 7.60. The summed E-state index contributed by atoms with van der Waals surface area (Å²) >= 11 is 0. The predicted molar refractivity (Wildman–Crippen MR) is 124 cm³/mol. The number of aromatic nitrogens is 2. The van der Waals surface area contributed by atoms with E-state index in [1.807, 2.05) is 52.9 Å². The average Bonchev–Trinajstić information content (AvgIpc) is 3.21. The first-order chi connectivity index (χ1) is 15.3. The first-order valence-corrected chi connectivity index (χ1v) is 9.60. The fourth-order valence-electron chi connectivity index (χ4n) is 4.54. The van der Waals surface area contributed by atoms with E-state index in [2.05, 4.69) is 26.7 Å². The molecule has 0 radical (unpaired) electrons. The molecule has 0 unspecified atom stereocenters. The van der Waals surface area contributed by atoms with Gasteiger partial charge >= 0.3 is 0 Å². The van der Waals surface area contributed by atoms with Crippen LogP contribution in [0, 0.1) is 19.7 Å². The van der Waals surface area contributed by atoms with Gasteiger partial charge in [0.1, 0.15) is 5.65 Å². The number of hydrogen-bond donors (Lipinski definition) is 0. The van der Waals surface area contributed by atoms with Crippen molar-refractivity contribution < 1.29 is 0 Å². The van der Waals surface area contributed by atoms with Gasteiger partial charge < -0.3 is 0 Å². The summed E-state index contributed by atoms with van der Waals surface area (Å²) in [4.78, 5) is 15.8. The molecule has 0 fully saturated rings. The molecule has 0 atom stereocenters. The van der Waals surface area contributed by atoms with Crippen molar-refractivity contribution in [3.63, 3.8) is 0 Å². The van der Waals surface area contributed by atoms with Crippen LogP contribution in [-0.2, 0) is 0 Å². The molecule has 0 bridgehead atoms. The first-order valence-electron chi connectivity index (χ1n) is 9.60. The lowest BCUT2D eigenvalue weighted by Crippen LogP contribution is -1.93. The number of nitrogens with zero attached hydrogens (tertiary/aromatic N) is 5. The SMILES string of the molecule is [C-]#[N+]c1cc2c(c([N+]#[C-])c1[N+]#[C-])c1ccc3ccccc3c1c1nc3ccccc3n21. The molecule has 0 saturated carbocycles. The largest absolute Gasteiger partial charge is 0.294 e. The van der Waals surface area contributed by atoms with Crippen molar-refractivity contribution in [2.75, 3.05) is 0 Å². The van der Waals surface area contributed by atoms with Crippen LogP contribution < -0.4 is 0 Å². The van der Waals surface area contributed by atoms with Crippen LogP contribution in [-0.4, -0.2) is 9.38 Å². The molecular formula is C26H11N5. The van der Waals surface area contributed by atoms with Crippen LogP contribution in [0.2, 0.25) is 0 Å². The van der Waals surface area contributed by atoms with Crippen LogP contribution in [0.4, 0.5) is 17.1 Å². The van der Waals surface area contributed by atoms with Crippen molar-refractivity contribution in [2.45, 2.75) is 0 Å². The fraction of sp³-hybridized carbons (Fsp3) is 0. The van der Waals surface area contributed by atoms with E-state index in [0.29, 0.717) is 5.39 Å². The Bertz CT molecular complexity index is 1870. The van der Waals surface area contributed by atoms with E-state index in [0.717, 1.165) is 43.7 Å². The standard InChI is InChI=1S/C26H11N5/c1-27-19-14-21-23(25(29-3)24(19)28-2)17-13-12-15-8-4-5-9-16(15)22(17)26-30-18-10-6-7-11-20(18)31(21)26/h4-14H. The van der Waals surface area contributed by atoms with Crippen molar-refractivity contribution in [3.05, 3.63) is 101 Å². The molecule has 0 N–H and O–H groups in total. The molecule has 2 heterocycles. The van der Waals surface area contributed by atoms with Gasteiger partial charge in [0, 0.05) is 10.9 Å². The Hall–Kier alpha value is -4.92. The molecular weight excluding hydrogens is 382 g/mol. The molecule has 5 heteroatoms. The van der Waals surface area contributed by atoms with Crippen molar-refractivity contribution in [2.24, 2.45) is 0 Å². The average molecular weight is 393 g/mol. The van der Waals surface area contributed by atoms with E-state index in [9.17, 15) is 0 Å². The summed E-state index contributed by atoms with van der Waals surface area (Å²) in [5.41, 5.74) is 3.76. The van der Waals surface area contributed by atoms with Crippen molar-refractivity contribution in [1.29, 1.82) is 0 Å². The van der Waals surface area contributed by atoms with E-state index in [1.54, 1.807) is 6.07 Å². The number of para-hydroxylation sites is 2. The summed E-state index contributed by atoms with van der Waals surface area (Å²) in [6, 6.07) is 21.7. The number of pyridine rings is 1. The van der Waals surface area contributed by atoms with Crippen molar-refractivity contribution in [1.82, 2.24) is 9.38 Å². The van der Waals surface area contributed by atoms with Gasteiger partial charge in [0.05, 0.1) is 30.7 Å². The highest BCUT2D eigenvalue weighted by Crippen LogP contribution is 2.48. The van der Waals surface area contributed by atoms with Gasteiger partial charge in [-0.3, -0.25) is 18.9 Å². The Morgan fingerprint density at radius 3 is 2.26 bits per heavy atom. The van der Waals surface area contributed by atoms with Crippen LogP contribution in [0.25, 0.3) is 63.7 Å².